The summed E-state index contributed by atoms with van der Waals surface area (Å²) in [5.41, 5.74) is 7.12. The van der Waals surface area contributed by atoms with E-state index in [2.05, 4.69) is 4.98 Å². The Morgan fingerprint density at radius 3 is 3.05 bits per heavy atom. The molecule has 0 aliphatic heterocycles. The highest BCUT2D eigenvalue weighted by atomic mass is 32.1. The van der Waals surface area contributed by atoms with E-state index in [4.69, 9.17) is 10.5 Å². The molecule has 0 amide bonds. The van der Waals surface area contributed by atoms with Crippen LogP contribution in [0.2, 0.25) is 0 Å². The van der Waals surface area contributed by atoms with Gasteiger partial charge in [-0.15, -0.1) is 11.3 Å². The minimum absolute atomic E-state index is 0.245. The summed E-state index contributed by atoms with van der Waals surface area (Å²) in [7, 11) is 0. The molecule has 0 saturated carbocycles. The molecule has 0 fully saturated rings. The van der Waals surface area contributed by atoms with Gasteiger partial charge in [0.05, 0.1) is 5.69 Å². The molecule has 2 N–H and O–H groups in total. The topological polar surface area (TPSA) is 52.5 Å². The van der Waals surface area contributed by atoms with E-state index in [-0.39, 0.29) is 5.82 Å². The van der Waals surface area contributed by atoms with Crippen LogP contribution in [0.15, 0.2) is 29.8 Å². The SMILES string of the molecule is Cc1cc(Oc2nc3sccn3c2CCN)ccc1F. The van der Waals surface area contributed by atoms with E-state index < -0.39 is 0 Å². The number of thiazole rings is 1. The van der Waals surface area contributed by atoms with Gasteiger partial charge in [0, 0.05) is 18.0 Å². The summed E-state index contributed by atoms with van der Waals surface area (Å²) in [5, 5.41) is 1.97. The molecular weight excluding hydrogens is 277 g/mol. The number of fused-ring (bicyclic) bond motifs is 1. The van der Waals surface area contributed by atoms with Gasteiger partial charge >= 0.3 is 0 Å². The molecule has 104 valence electrons. The highest BCUT2D eigenvalue weighted by Crippen LogP contribution is 2.28. The third kappa shape index (κ3) is 2.28. The highest BCUT2D eigenvalue weighted by Gasteiger charge is 2.14. The maximum Gasteiger partial charge on any atom is 0.242 e. The highest BCUT2D eigenvalue weighted by molar-refractivity contribution is 7.15. The van der Waals surface area contributed by atoms with Crippen molar-refractivity contribution in [1.82, 2.24) is 9.38 Å². The van der Waals surface area contributed by atoms with Crippen molar-refractivity contribution < 1.29 is 9.13 Å². The smallest absolute Gasteiger partial charge is 0.242 e. The largest absolute Gasteiger partial charge is 0.437 e. The first-order chi connectivity index (χ1) is 9.69. The predicted octanol–water partition coefficient (Wildman–Crippen LogP) is 3.14. The molecule has 0 radical (unpaired) electrons. The second-order valence-corrected chi connectivity index (χ2v) is 5.34. The Balaban J connectivity index is 1.98. The third-order valence-corrected chi connectivity index (χ3v) is 3.81. The molecule has 3 aromatic rings. The fourth-order valence-corrected chi connectivity index (χ4v) is 2.78. The number of aromatic nitrogens is 2. The van der Waals surface area contributed by atoms with Crippen LogP contribution in [0.4, 0.5) is 4.39 Å². The standard InChI is InChI=1S/C14H14FN3OS/c1-9-8-10(2-3-11(9)15)19-13-12(4-5-16)18-6-7-20-14(18)17-13/h2-3,6-8H,4-5,16H2,1H3. The van der Waals surface area contributed by atoms with Crippen LogP contribution in [0.1, 0.15) is 11.3 Å². The minimum Gasteiger partial charge on any atom is -0.437 e. The Hall–Kier alpha value is -1.92. The number of nitrogens with zero attached hydrogens (tertiary/aromatic N) is 2. The van der Waals surface area contributed by atoms with Crippen molar-refractivity contribution in [2.24, 2.45) is 5.73 Å². The average Bonchev–Trinajstić information content (AvgIpc) is 2.98. The molecule has 1 aromatic carbocycles. The fourth-order valence-electron chi connectivity index (χ4n) is 2.05. The molecule has 4 nitrogen and oxygen atoms in total. The van der Waals surface area contributed by atoms with Crippen molar-refractivity contribution >= 4 is 16.3 Å². The number of ether oxygens (including phenoxy) is 1. The molecule has 6 heteroatoms. The predicted molar refractivity (Wildman–Crippen MR) is 77.0 cm³/mol. The van der Waals surface area contributed by atoms with Crippen molar-refractivity contribution in [3.05, 3.63) is 46.9 Å². The number of imidazole rings is 1. The van der Waals surface area contributed by atoms with Gasteiger partial charge in [0.25, 0.3) is 0 Å². The number of rotatable bonds is 4. The van der Waals surface area contributed by atoms with E-state index in [1.54, 1.807) is 19.1 Å². The van der Waals surface area contributed by atoms with E-state index in [9.17, 15) is 4.39 Å². The average molecular weight is 291 g/mol. The van der Waals surface area contributed by atoms with Crippen LogP contribution < -0.4 is 10.5 Å². The summed E-state index contributed by atoms with van der Waals surface area (Å²) in [4.78, 5) is 5.31. The molecule has 3 rings (SSSR count). The number of nitrogens with two attached hydrogens (primary N) is 1. The molecule has 20 heavy (non-hydrogen) atoms. The molecule has 0 saturated heterocycles. The van der Waals surface area contributed by atoms with E-state index in [0.717, 1.165) is 10.7 Å². The van der Waals surface area contributed by atoms with Gasteiger partial charge in [-0.2, -0.15) is 4.98 Å². The van der Waals surface area contributed by atoms with Crippen molar-refractivity contribution in [1.29, 1.82) is 0 Å². The van der Waals surface area contributed by atoms with E-state index in [1.807, 2.05) is 16.0 Å². The quantitative estimate of drug-likeness (QED) is 0.803. The molecule has 0 spiro atoms. The first-order valence-corrected chi connectivity index (χ1v) is 7.15. The third-order valence-electron chi connectivity index (χ3n) is 3.05. The van der Waals surface area contributed by atoms with Gasteiger partial charge in [0.15, 0.2) is 4.96 Å². The van der Waals surface area contributed by atoms with Crippen LogP contribution in [-0.4, -0.2) is 15.9 Å². The Morgan fingerprint density at radius 2 is 2.30 bits per heavy atom. The fraction of sp³-hybridized carbons (Fsp3) is 0.214. The molecule has 0 aliphatic carbocycles. The minimum atomic E-state index is -0.245. The summed E-state index contributed by atoms with van der Waals surface area (Å²) in [6.45, 7) is 2.22. The van der Waals surface area contributed by atoms with Crippen LogP contribution in [0.3, 0.4) is 0 Å². The van der Waals surface area contributed by atoms with Crippen LogP contribution >= 0.6 is 11.3 Å². The summed E-state index contributed by atoms with van der Waals surface area (Å²) >= 11 is 1.54. The molecular formula is C14H14FN3OS. The van der Waals surface area contributed by atoms with E-state index in [1.165, 1.54) is 17.4 Å². The van der Waals surface area contributed by atoms with Gasteiger partial charge in [-0.25, -0.2) is 4.39 Å². The zero-order valence-corrected chi connectivity index (χ0v) is 11.8. The zero-order chi connectivity index (χ0) is 14.1. The number of halogens is 1. The monoisotopic (exact) mass is 291 g/mol. The normalized spacial score (nSPS) is 11.2. The van der Waals surface area contributed by atoms with Crippen LogP contribution in [0, 0.1) is 12.7 Å². The summed E-state index contributed by atoms with van der Waals surface area (Å²) < 4.78 is 21.0. The maximum absolute atomic E-state index is 13.3. The lowest BCUT2D eigenvalue weighted by atomic mass is 10.2. The first-order valence-electron chi connectivity index (χ1n) is 6.27. The second kappa shape index (κ2) is 5.22. The van der Waals surface area contributed by atoms with Crippen molar-refractivity contribution in [2.75, 3.05) is 6.54 Å². The van der Waals surface area contributed by atoms with Crippen molar-refractivity contribution in [2.45, 2.75) is 13.3 Å². The van der Waals surface area contributed by atoms with Gasteiger partial charge in [0.2, 0.25) is 5.88 Å². The number of hydrogen-bond acceptors (Lipinski definition) is 4. The molecule has 2 heterocycles. The van der Waals surface area contributed by atoms with Crippen molar-refractivity contribution in [3.63, 3.8) is 0 Å². The van der Waals surface area contributed by atoms with Gasteiger partial charge in [-0.1, -0.05) is 0 Å². The zero-order valence-electron chi connectivity index (χ0n) is 11.0. The number of benzene rings is 1. The van der Waals surface area contributed by atoms with Crippen molar-refractivity contribution in [3.8, 4) is 11.6 Å². The lowest BCUT2D eigenvalue weighted by Crippen LogP contribution is -2.05. The van der Waals surface area contributed by atoms with Crippen LogP contribution in [-0.2, 0) is 6.42 Å². The van der Waals surface area contributed by atoms with E-state index >= 15 is 0 Å². The second-order valence-electron chi connectivity index (χ2n) is 4.47. The molecule has 0 atom stereocenters. The Morgan fingerprint density at radius 1 is 1.45 bits per heavy atom. The van der Waals surface area contributed by atoms with Gasteiger partial charge in [-0.05, 0) is 37.2 Å². The number of hydrogen-bond donors (Lipinski definition) is 1. The lowest BCUT2D eigenvalue weighted by Gasteiger charge is -2.06. The van der Waals surface area contributed by atoms with Gasteiger partial charge in [0.1, 0.15) is 11.6 Å². The summed E-state index contributed by atoms with van der Waals surface area (Å²) in [6.07, 6.45) is 2.62. The molecule has 0 unspecified atom stereocenters. The van der Waals surface area contributed by atoms with Gasteiger partial charge in [-0.3, -0.25) is 4.40 Å². The maximum atomic E-state index is 13.3. The molecule has 0 bridgehead atoms. The lowest BCUT2D eigenvalue weighted by molar-refractivity contribution is 0.457. The van der Waals surface area contributed by atoms with Gasteiger partial charge < -0.3 is 10.5 Å². The Labute approximate surface area is 119 Å². The summed E-state index contributed by atoms with van der Waals surface area (Å²) in [6, 6.07) is 4.66. The summed E-state index contributed by atoms with van der Waals surface area (Å²) in [5.74, 6) is 0.867. The van der Waals surface area contributed by atoms with E-state index in [0.29, 0.717) is 30.2 Å². The molecule has 2 aromatic heterocycles. The number of aryl methyl sites for hydroxylation is 1. The Kier molecular flexibility index (Phi) is 3.42. The van der Waals surface area contributed by atoms with Crippen LogP contribution in [0.5, 0.6) is 11.6 Å². The first kappa shape index (κ1) is 13.1. The van der Waals surface area contributed by atoms with Crippen LogP contribution in [0.25, 0.3) is 4.96 Å². The molecule has 0 aliphatic rings. The Bertz CT molecular complexity index is 750.